The Morgan fingerprint density at radius 2 is 1.90 bits per heavy atom. The Labute approximate surface area is 169 Å². The molecule has 152 valence electrons. The number of aromatic amines is 1. The van der Waals surface area contributed by atoms with E-state index in [4.69, 9.17) is 4.74 Å². The van der Waals surface area contributed by atoms with E-state index in [1.165, 1.54) is 18.4 Å². The van der Waals surface area contributed by atoms with Gasteiger partial charge in [-0.05, 0) is 47.5 Å². The summed E-state index contributed by atoms with van der Waals surface area (Å²) in [6.45, 7) is 2.54. The number of nitrogens with one attached hydrogen (secondary N) is 1. The summed E-state index contributed by atoms with van der Waals surface area (Å²) in [5.41, 5.74) is 2.71. The molecule has 4 rings (SSSR count). The fraction of sp³-hybridized carbons (Fsp3) is 0.286. The second kappa shape index (κ2) is 8.06. The number of hydrogen-bond acceptors (Lipinski definition) is 5. The maximum atomic E-state index is 13.2. The van der Waals surface area contributed by atoms with Crippen LogP contribution in [0.1, 0.15) is 17.4 Å². The fourth-order valence-electron chi connectivity index (χ4n) is 3.44. The quantitative estimate of drug-likeness (QED) is 0.693. The third-order valence-electron chi connectivity index (χ3n) is 5.04. The van der Waals surface area contributed by atoms with Crippen LogP contribution in [0.25, 0.3) is 11.3 Å². The molecule has 1 aliphatic heterocycles. The van der Waals surface area contributed by atoms with Crippen LogP contribution in [-0.2, 0) is 21.1 Å². The molecule has 1 fully saturated rings. The predicted octanol–water partition coefficient (Wildman–Crippen LogP) is 3.19. The molecular weight excluding hydrogens is 393 g/mol. The van der Waals surface area contributed by atoms with Crippen LogP contribution in [0.4, 0.5) is 4.39 Å². The number of H-pyrrole nitrogens is 1. The molecule has 1 aliphatic rings. The van der Waals surface area contributed by atoms with E-state index in [-0.39, 0.29) is 11.9 Å². The third-order valence-corrected chi connectivity index (χ3v) is 6.17. The number of ether oxygens (including phenoxy) is 1. The number of rotatable bonds is 5. The average molecular weight is 415 g/mol. The van der Waals surface area contributed by atoms with Crippen molar-refractivity contribution >= 4 is 9.84 Å². The van der Waals surface area contributed by atoms with Gasteiger partial charge in [0.25, 0.3) is 0 Å². The Bertz CT molecular complexity index is 1080. The van der Waals surface area contributed by atoms with Crippen molar-refractivity contribution < 1.29 is 17.5 Å². The Morgan fingerprint density at radius 3 is 2.59 bits per heavy atom. The zero-order chi connectivity index (χ0) is 20.4. The van der Waals surface area contributed by atoms with Gasteiger partial charge in [0.1, 0.15) is 11.6 Å². The van der Waals surface area contributed by atoms with Crippen LogP contribution in [0, 0.1) is 5.82 Å². The number of morpholine rings is 1. The van der Waals surface area contributed by atoms with Crippen LogP contribution in [-0.4, -0.2) is 49.3 Å². The Balaban J connectivity index is 1.53. The number of aromatic nitrogens is 2. The molecule has 0 amide bonds. The van der Waals surface area contributed by atoms with Crippen molar-refractivity contribution in [2.24, 2.45) is 0 Å². The van der Waals surface area contributed by atoms with Crippen molar-refractivity contribution in [1.82, 2.24) is 14.9 Å². The van der Waals surface area contributed by atoms with Crippen LogP contribution in [0.2, 0.25) is 0 Å². The van der Waals surface area contributed by atoms with Gasteiger partial charge in [-0.15, -0.1) is 0 Å². The van der Waals surface area contributed by atoms with Crippen molar-refractivity contribution in [3.05, 3.63) is 71.9 Å². The molecule has 2 heterocycles. The molecule has 6 nitrogen and oxygen atoms in total. The summed E-state index contributed by atoms with van der Waals surface area (Å²) in [4.78, 5) is 10.4. The molecule has 1 saturated heterocycles. The lowest BCUT2D eigenvalue weighted by Crippen LogP contribution is -2.39. The van der Waals surface area contributed by atoms with Gasteiger partial charge in [-0.1, -0.05) is 12.1 Å². The van der Waals surface area contributed by atoms with Crippen LogP contribution in [0.5, 0.6) is 0 Å². The summed E-state index contributed by atoms with van der Waals surface area (Å²) >= 11 is 0. The second-order valence-corrected chi connectivity index (χ2v) is 9.18. The molecule has 0 bridgehead atoms. The SMILES string of the molecule is CS(=O)(=O)c1ccc(CN2CCOCC2c2ncc(-c3ccc(F)cc3)[nH]2)cc1. The molecule has 0 saturated carbocycles. The van der Waals surface area contributed by atoms with E-state index in [9.17, 15) is 12.8 Å². The molecule has 2 aromatic carbocycles. The van der Waals surface area contributed by atoms with E-state index in [1.807, 2.05) is 12.1 Å². The summed E-state index contributed by atoms with van der Waals surface area (Å²) in [5.74, 6) is 0.513. The molecule has 1 unspecified atom stereocenters. The maximum absolute atomic E-state index is 13.2. The molecule has 8 heteroatoms. The van der Waals surface area contributed by atoms with Crippen molar-refractivity contribution in [1.29, 1.82) is 0 Å². The van der Waals surface area contributed by atoms with Crippen LogP contribution in [0.15, 0.2) is 59.6 Å². The lowest BCUT2D eigenvalue weighted by Gasteiger charge is -2.34. The zero-order valence-electron chi connectivity index (χ0n) is 16.0. The van der Waals surface area contributed by atoms with Gasteiger partial charge in [-0.25, -0.2) is 17.8 Å². The van der Waals surface area contributed by atoms with Crippen LogP contribution in [0.3, 0.4) is 0 Å². The minimum atomic E-state index is -3.20. The van der Waals surface area contributed by atoms with Gasteiger partial charge in [0, 0.05) is 19.3 Å². The summed E-state index contributed by atoms with van der Waals surface area (Å²) in [7, 11) is -3.20. The number of benzene rings is 2. The minimum absolute atomic E-state index is 0.0486. The summed E-state index contributed by atoms with van der Waals surface area (Å²) < 4.78 is 42.1. The molecule has 1 atom stereocenters. The van der Waals surface area contributed by atoms with E-state index in [2.05, 4.69) is 14.9 Å². The van der Waals surface area contributed by atoms with Crippen LogP contribution >= 0.6 is 0 Å². The maximum Gasteiger partial charge on any atom is 0.175 e. The van der Waals surface area contributed by atoms with Crippen LogP contribution < -0.4 is 0 Å². The minimum Gasteiger partial charge on any atom is -0.378 e. The van der Waals surface area contributed by atoms with E-state index in [0.717, 1.165) is 29.2 Å². The summed E-state index contributed by atoms with van der Waals surface area (Å²) in [5, 5.41) is 0. The van der Waals surface area contributed by atoms with Crippen molar-refractivity contribution in [2.75, 3.05) is 26.0 Å². The third kappa shape index (κ3) is 4.55. The molecule has 1 aromatic heterocycles. The Morgan fingerprint density at radius 1 is 1.17 bits per heavy atom. The fourth-order valence-corrected chi connectivity index (χ4v) is 4.07. The smallest absolute Gasteiger partial charge is 0.175 e. The molecule has 1 N–H and O–H groups in total. The molecule has 0 aliphatic carbocycles. The van der Waals surface area contributed by atoms with Gasteiger partial charge in [0.2, 0.25) is 0 Å². The first-order valence-electron chi connectivity index (χ1n) is 9.32. The number of nitrogens with zero attached hydrogens (tertiary/aromatic N) is 2. The van der Waals surface area contributed by atoms with E-state index in [1.54, 1.807) is 30.5 Å². The molecule has 0 radical (unpaired) electrons. The van der Waals surface area contributed by atoms with Gasteiger partial charge in [0.05, 0.1) is 36.0 Å². The lowest BCUT2D eigenvalue weighted by atomic mass is 10.1. The summed E-state index contributed by atoms with van der Waals surface area (Å²) in [6.07, 6.45) is 2.95. The van der Waals surface area contributed by atoms with Gasteiger partial charge >= 0.3 is 0 Å². The Hall–Kier alpha value is -2.55. The average Bonchev–Trinajstić information content (AvgIpc) is 3.19. The number of hydrogen-bond donors (Lipinski definition) is 1. The summed E-state index contributed by atoms with van der Waals surface area (Å²) in [6, 6.07) is 13.2. The largest absolute Gasteiger partial charge is 0.378 e. The molecular formula is C21H22FN3O3S. The van der Waals surface area contributed by atoms with Gasteiger partial charge < -0.3 is 9.72 Å². The van der Waals surface area contributed by atoms with Gasteiger partial charge in [-0.2, -0.15) is 0 Å². The molecule has 0 spiro atoms. The zero-order valence-corrected chi connectivity index (χ0v) is 16.8. The van der Waals surface area contributed by atoms with E-state index >= 15 is 0 Å². The highest BCUT2D eigenvalue weighted by molar-refractivity contribution is 7.90. The highest BCUT2D eigenvalue weighted by Crippen LogP contribution is 2.27. The highest BCUT2D eigenvalue weighted by atomic mass is 32.2. The first-order chi connectivity index (χ1) is 13.9. The van der Waals surface area contributed by atoms with Crippen molar-refractivity contribution in [3.8, 4) is 11.3 Å². The highest BCUT2D eigenvalue weighted by Gasteiger charge is 2.27. The number of halogens is 1. The Kier molecular flexibility index (Phi) is 5.49. The molecule has 3 aromatic rings. The first-order valence-corrected chi connectivity index (χ1v) is 11.2. The predicted molar refractivity (Wildman–Crippen MR) is 108 cm³/mol. The first kappa shape index (κ1) is 19.8. The van der Waals surface area contributed by atoms with E-state index < -0.39 is 9.84 Å². The van der Waals surface area contributed by atoms with Crippen molar-refractivity contribution in [3.63, 3.8) is 0 Å². The number of imidazole rings is 1. The lowest BCUT2D eigenvalue weighted by molar-refractivity contribution is -0.0156. The van der Waals surface area contributed by atoms with Gasteiger partial charge in [0.15, 0.2) is 9.84 Å². The standard InChI is InChI=1S/C21H22FN3O3S/c1-29(26,27)18-8-2-15(3-9-18)13-25-10-11-28-14-20(25)21-23-12-19(24-21)16-4-6-17(22)7-5-16/h2-9,12,20H,10-11,13-14H2,1H3,(H,23,24). The normalized spacial score (nSPS) is 18.1. The van der Waals surface area contributed by atoms with Gasteiger partial charge in [-0.3, -0.25) is 4.90 Å². The monoisotopic (exact) mass is 415 g/mol. The second-order valence-electron chi connectivity index (χ2n) is 7.17. The van der Waals surface area contributed by atoms with Crippen molar-refractivity contribution in [2.45, 2.75) is 17.5 Å². The number of sulfone groups is 1. The van der Waals surface area contributed by atoms with E-state index in [0.29, 0.717) is 24.7 Å². The molecule has 29 heavy (non-hydrogen) atoms. The topological polar surface area (TPSA) is 75.3 Å².